The van der Waals surface area contributed by atoms with Crippen molar-refractivity contribution in [3.63, 3.8) is 0 Å². The molecule has 50 heavy (non-hydrogen) atoms. The minimum absolute atomic E-state index is 0.864. The van der Waals surface area contributed by atoms with Gasteiger partial charge in [0.25, 0.3) is 0 Å². The number of para-hydroxylation sites is 3. The molecular weight excluding hydrogens is 609 g/mol. The summed E-state index contributed by atoms with van der Waals surface area (Å²) in [7, 11) is 0. The lowest BCUT2D eigenvalue weighted by molar-refractivity contribution is 1.08. The minimum atomic E-state index is 0.864. The topological polar surface area (TPSA) is 35.6 Å². The number of fused-ring (bicyclic) bond motifs is 16. The number of rotatable bonds is 1. The summed E-state index contributed by atoms with van der Waals surface area (Å²) in [6, 6.07) is 57.1. The lowest BCUT2D eigenvalue weighted by atomic mass is 9.95. The summed E-state index contributed by atoms with van der Waals surface area (Å²) in [6.45, 7) is 0. The van der Waals surface area contributed by atoms with Crippen LogP contribution in [0.2, 0.25) is 0 Å². The molecule has 0 radical (unpaired) electrons. The van der Waals surface area contributed by atoms with Crippen molar-refractivity contribution in [3.05, 3.63) is 158 Å². The maximum absolute atomic E-state index is 5.33. The van der Waals surface area contributed by atoms with Gasteiger partial charge in [0.05, 0.1) is 33.1 Å². The maximum Gasteiger partial charge on any atom is 0.165 e. The second-order valence-corrected chi connectivity index (χ2v) is 13.4. The van der Waals surface area contributed by atoms with Crippen LogP contribution in [0.25, 0.3) is 110 Å². The fourth-order valence-corrected chi connectivity index (χ4v) is 8.71. The van der Waals surface area contributed by atoms with Gasteiger partial charge in [0.2, 0.25) is 0 Å². The van der Waals surface area contributed by atoms with E-state index in [2.05, 4.69) is 155 Å². The second-order valence-electron chi connectivity index (χ2n) is 13.4. The van der Waals surface area contributed by atoms with Crippen molar-refractivity contribution in [2.24, 2.45) is 0 Å². The largest absolute Gasteiger partial charge is 0.309 e. The number of benzene rings is 8. The Morgan fingerprint density at radius 2 is 0.960 bits per heavy atom. The maximum atomic E-state index is 5.33. The van der Waals surface area contributed by atoms with E-state index in [0.29, 0.717) is 0 Å². The molecule has 0 bridgehead atoms. The first-order valence-corrected chi connectivity index (χ1v) is 17.1. The Labute approximate surface area is 286 Å². The van der Waals surface area contributed by atoms with Crippen LogP contribution >= 0.6 is 0 Å². The first-order chi connectivity index (χ1) is 24.8. The highest BCUT2D eigenvalue weighted by molar-refractivity contribution is 6.29. The number of aromatic nitrogens is 4. The van der Waals surface area contributed by atoms with Gasteiger partial charge in [-0.1, -0.05) is 115 Å². The molecule has 0 N–H and O–H groups in total. The van der Waals surface area contributed by atoms with Gasteiger partial charge in [0.15, 0.2) is 5.82 Å². The molecule has 230 valence electrons. The molecule has 0 fully saturated rings. The fourth-order valence-electron chi connectivity index (χ4n) is 8.71. The van der Waals surface area contributed by atoms with Gasteiger partial charge in [-0.3, -0.25) is 4.57 Å². The summed E-state index contributed by atoms with van der Waals surface area (Å²) < 4.78 is 4.84. The average molecular weight is 635 g/mol. The van der Waals surface area contributed by atoms with Gasteiger partial charge in [0.1, 0.15) is 5.69 Å². The highest BCUT2D eigenvalue weighted by Crippen LogP contribution is 2.48. The molecule has 0 spiro atoms. The van der Waals surface area contributed by atoms with Crippen LogP contribution in [0.1, 0.15) is 0 Å². The van der Waals surface area contributed by atoms with E-state index in [9.17, 15) is 0 Å². The Kier molecular flexibility index (Phi) is 4.94. The predicted octanol–water partition coefficient (Wildman–Crippen LogP) is 11.8. The molecule has 1 aliphatic rings. The van der Waals surface area contributed by atoms with Gasteiger partial charge in [-0.2, -0.15) is 0 Å². The monoisotopic (exact) mass is 634 g/mol. The Hall–Kier alpha value is -6.78. The molecule has 4 nitrogen and oxygen atoms in total. The summed E-state index contributed by atoms with van der Waals surface area (Å²) in [6.07, 6.45) is 0. The summed E-state index contributed by atoms with van der Waals surface area (Å²) in [5, 5.41) is 10.0. The van der Waals surface area contributed by atoms with E-state index >= 15 is 0 Å². The van der Waals surface area contributed by atoms with Gasteiger partial charge in [-0.15, -0.1) is 0 Å². The van der Waals surface area contributed by atoms with Crippen LogP contribution in [0.4, 0.5) is 0 Å². The first-order valence-electron chi connectivity index (χ1n) is 17.1. The Bertz CT molecular complexity index is 3180. The highest BCUT2D eigenvalue weighted by Gasteiger charge is 2.28. The van der Waals surface area contributed by atoms with Crippen molar-refractivity contribution in [2.45, 2.75) is 0 Å². The normalized spacial score (nSPS) is 12.4. The molecule has 0 atom stereocenters. The number of hydrogen-bond acceptors (Lipinski definition) is 2. The van der Waals surface area contributed by atoms with E-state index in [0.717, 1.165) is 50.4 Å². The molecule has 11 aromatic rings. The van der Waals surface area contributed by atoms with Crippen molar-refractivity contribution >= 4 is 76.2 Å². The number of hydrogen-bond donors (Lipinski definition) is 0. The molecule has 3 aromatic heterocycles. The molecule has 1 aliphatic heterocycles. The van der Waals surface area contributed by atoms with Gasteiger partial charge < -0.3 is 4.57 Å². The lowest BCUT2D eigenvalue weighted by Crippen LogP contribution is -2.02. The molecule has 0 amide bonds. The van der Waals surface area contributed by atoms with Crippen LogP contribution in [-0.2, 0) is 0 Å². The third kappa shape index (κ3) is 3.30. The molecule has 0 saturated heterocycles. The predicted molar refractivity (Wildman–Crippen MR) is 208 cm³/mol. The van der Waals surface area contributed by atoms with Crippen LogP contribution < -0.4 is 0 Å². The molecule has 0 aliphatic carbocycles. The number of nitrogens with zero attached hydrogens (tertiary/aromatic N) is 4. The van der Waals surface area contributed by atoms with Crippen molar-refractivity contribution in [1.82, 2.24) is 19.1 Å². The highest BCUT2D eigenvalue weighted by atomic mass is 15.1. The second kappa shape index (κ2) is 9.43. The Balaban J connectivity index is 1.29. The third-order valence-corrected chi connectivity index (χ3v) is 10.8. The summed E-state index contributed by atoms with van der Waals surface area (Å²) in [5.74, 6) is 0.864. The standard InChI is InChI=1S/C46H26N4/c1-3-13-30-27(11-1)21-23-40-42(30)43-31-14-4-2-12-28(31)22-24-41(43)49(40)29-25-35-32-15-5-6-17-34(32)44-46(48-38-19-9-8-18-37(38)47-44)50-39-20-10-7-16-33(39)36(26-29)45(35)50/h1-26H. The Morgan fingerprint density at radius 3 is 1.68 bits per heavy atom. The SMILES string of the molecule is c1ccc2c(c1)-c1nc3ccccc3nc1-n1c3ccccc3c3cc(-n4c5ccc6ccccc6c5c5c6ccccc6ccc54)cc-2c31. The van der Waals surface area contributed by atoms with Crippen LogP contribution in [0, 0.1) is 0 Å². The van der Waals surface area contributed by atoms with Crippen LogP contribution in [0.15, 0.2) is 158 Å². The van der Waals surface area contributed by atoms with E-state index in [1.165, 1.54) is 59.7 Å². The van der Waals surface area contributed by atoms with E-state index in [-0.39, 0.29) is 0 Å². The molecule has 0 unspecified atom stereocenters. The summed E-state index contributed by atoms with van der Waals surface area (Å²) in [4.78, 5) is 10.6. The van der Waals surface area contributed by atoms with Gasteiger partial charge >= 0.3 is 0 Å². The molecular formula is C46H26N4. The van der Waals surface area contributed by atoms with Crippen LogP contribution in [0.3, 0.4) is 0 Å². The first kappa shape index (κ1) is 26.2. The third-order valence-electron chi connectivity index (χ3n) is 10.8. The van der Waals surface area contributed by atoms with Crippen LogP contribution in [-0.4, -0.2) is 19.1 Å². The van der Waals surface area contributed by atoms with Gasteiger partial charge in [-0.25, -0.2) is 9.97 Å². The van der Waals surface area contributed by atoms with Crippen molar-refractivity contribution in [3.8, 4) is 33.9 Å². The van der Waals surface area contributed by atoms with E-state index in [4.69, 9.17) is 9.97 Å². The van der Waals surface area contributed by atoms with Crippen molar-refractivity contribution in [2.75, 3.05) is 0 Å². The quantitative estimate of drug-likeness (QED) is 0.180. The van der Waals surface area contributed by atoms with Crippen LogP contribution in [0.5, 0.6) is 0 Å². The smallest absolute Gasteiger partial charge is 0.165 e. The van der Waals surface area contributed by atoms with E-state index in [1.807, 2.05) is 12.1 Å². The zero-order valence-corrected chi connectivity index (χ0v) is 26.8. The van der Waals surface area contributed by atoms with E-state index in [1.54, 1.807) is 0 Å². The molecule has 12 rings (SSSR count). The average Bonchev–Trinajstić information content (AvgIpc) is 3.67. The van der Waals surface area contributed by atoms with Crippen molar-refractivity contribution in [1.29, 1.82) is 0 Å². The fraction of sp³-hybridized carbons (Fsp3) is 0. The lowest BCUT2D eigenvalue weighted by Gasteiger charge is -2.14. The zero-order valence-electron chi connectivity index (χ0n) is 26.8. The zero-order chi connectivity index (χ0) is 32.5. The van der Waals surface area contributed by atoms with Gasteiger partial charge in [-0.05, 0) is 69.6 Å². The molecule has 8 aromatic carbocycles. The van der Waals surface area contributed by atoms with E-state index < -0.39 is 0 Å². The molecule has 4 heterocycles. The summed E-state index contributed by atoms with van der Waals surface area (Å²) >= 11 is 0. The summed E-state index contributed by atoms with van der Waals surface area (Å²) in [5.41, 5.74) is 11.9. The van der Waals surface area contributed by atoms with Crippen molar-refractivity contribution < 1.29 is 0 Å². The minimum Gasteiger partial charge on any atom is -0.309 e. The van der Waals surface area contributed by atoms with Gasteiger partial charge in [0, 0.05) is 38.4 Å². The molecule has 4 heteroatoms. The molecule has 0 saturated carbocycles. The Morgan fingerprint density at radius 1 is 0.380 bits per heavy atom.